The Morgan fingerprint density at radius 2 is 2.00 bits per heavy atom. The van der Waals surface area contributed by atoms with Crippen LogP contribution in [-0.2, 0) is 19.5 Å². The average molecular weight is 291 g/mol. The Balaban J connectivity index is 2.07. The van der Waals surface area contributed by atoms with Crippen molar-refractivity contribution in [1.82, 2.24) is 25.2 Å². The van der Waals surface area contributed by atoms with Crippen molar-refractivity contribution in [3.05, 3.63) is 28.7 Å². The minimum absolute atomic E-state index is 0.539. The predicted octanol–water partition coefficient (Wildman–Crippen LogP) is 2.38. The molecule has 0 unspecified atom stereocenters. The molecule has 0 atom stereocenters. The van der Waals surface area contributed by atoms with Crippen molar-refractivity contribution in [1.29, 1.82) is 0 Å². The fourth-order valence-electron chi connectivity index (χ4n) is 2.34. The number of aryl methyl sites for hydroxylation is 2. The first-order valence-electron chi connectivity index (χ1n) is 7.70. The fraction of sp³-hybridized carbons (Fsp3) is 0.667. The number of hydrogen-bond donors (Lipinski definition) is 1. The normalized spacial score (nSPS) is 11.2. The monoisotopic (exact) mass is 291 g/mol. The molecule has 0 saturated heterocycles. The largest absolute Gasteiger partial charge is 0.337 e. The second-order valence-corrected chi connectivity index (χ2v) is 5.34. The van der Waals surface area contributed by atoms with Gasteiger partial charge in [-0.15, -0.1) is 0 Å². The van der Waals surface area contributed by atoms with Crippen LogP contribution in [0.15, 0.2) is 4.52 Å². The Labute approximate surface area is 125 Å². The molecule has 0 fully saturated rings. The summed E-state index contributed by atoms with van der Waals surface area (Å²) in [5.41, 5.74) is 3.48. The molecule has 0 amide bonds. The van der Waals surface area contributed by atoms with Gasteiger partial charge in [-0.25, -0.2) is 0 Å². The van der Waals surface area contributed by atoms with Gasteiger partial charge in [0, 0.05) is 24.2 Å². The van der Waals surface area contributed by atoms with Gasteiger partial charge in [0.15, 0.2) is 5.82 Å². The summed E-state index contributed by atoms with van der Waals surface area (Å²) in [4.78, 5) is 4.40. The van der Waals surface area contributed by atoms with Gasteiger partial charge in [0.1, 0.15) is 6.54 Å². The molecule has 6 heteroatoms. The highest BCUT2D eigenvalue weighted by atomic mass is 16.5. The van der Waals surface area contributed by atoms with Crippen LogP contribution in [0.5, 0.6) is 0 Å². The van der Waals surface area contributed by atoms with E-state index in [-0.39, 0.29) is 0 Å². The molecule has 1 N–H and O–H groups in total. The van der Waals surface area contributed by atoms with Crippen LogP contribution in [0.4, 0.5) is 0 Å². The summed E-state index contributed by atoms with van der Waals surface area (Å²) >= 11 is 0. The second-order valence-electron chi connectivity index (χ2n) is 5.34. The topological polar surface area (TPSA) is 68.8 Å². The molecule has 2 rings (SSSR count). The molecule has 2 heterocycles. The van der Waals surface area contributed by atoms with Gasteiger partial charge >= 0.3 is 0 Å². The fourth-order valence-corrected chi connectivity index (χ4v) is 2.34. The van der Waals surface area contributed by atoms with Crippen molar-refractivity contribution in [3.8, 4) is 0 Å². The molecule has 21 heavy (non-hydrogen) atoms. The first kappa shape index (κ1) is 15.7. The predicted molar refractivity (Wildman–Crippen MR) is 81.1 cm³/mol. The van der Waals surface area contributed by atoms with Gasteiger partial charge in [0.25, 0.3) is 0 Å². The van der Waals surface area contributed by atoms with E-state index in [9.17, 15) is 0 Å². The zero-order valence-electron chi connectivity index (χ0n) is 13.4. The second kappa shape index (κ2) is 7.36. The van der Waals surface area contributed by atoms with Gasteiger partial charge in [0.2, 0.25) is 5.89 Å². The molecule has 0 aliphatic rings. The SMILES string of the molecule is CCCNCc1c(C)nn(Cc2nc(CCC)no2)c1C. The molecule has 116 valence electrons. The Hall–Kier alpha value is -1.69. The minimum Gasteiger partial charge on any atom is -0.337 e. The number of hydrogen-bond acceptors (Lipinski definition) is 5. The summed E-state index contributed by atoms with van der Waals surface area (Å²) in [5, 5.41) is 12.0. The molecule has 6 nitrogen and oxygen atoms in total. The van der Waals surface area contributed by atoms with Crippen LogP contribution in [0.3, 0.4) is 0 Å². The van der Waals surface area contributed by atoms with Gasteiger partial charge in [-0.05, 0) is 33.2 Å². The maximum absolute atomic E-state index is 5.29. The molecule has 0 spiro atoms. The molecule has 0 saturated carbocycles. The van der Waals surface area contributed by atoms with E-state index in [4.69, 9.17) is 4.52 Å². The molecule has 0 bridgehead atoms. The highest BCUT2D eigenvalue weighted by Crippen LogP contribution is 2.14. The minimum atomic E-state index is 0.539. The molecule has 0 aliphatic heterocycles. The third kappa shape index (κ3) is 3.91. The van der Waals surface area contributed by atoms with Crippen LogP contribution in [0.25, 0.3) is 0 Å². The Morgan fingerprint density at radius 3 is 2.71 bits per heavy atom. The van der Waals surface area contributed by atoms with Crippen molar-refractivity contribution >= 4 is 0 Å². The van der Waals surface area contributed by atoms with E-state index in [0.29, 0.717) is 12.4 Å². The lowest BCUT2D eigenvalue weighted by Crippen LogP contribution is -2.15. The third-order valence-electron chi connectivity index (χ3n) is 3.53. The van der Waals surface area contributed by atoms with Crippen molar-refractivity contribution in [2.24, 2.45) is 0 Å². The van der Waals surface area contributed by atoms with Crippen molar-refractivity contribution < 1.29 is 4.52 Å². The van der Waals surface area contributed by atoms with Crippen LogP contribution in [0.1, 0.15) is 55.4 Å². The van der Waals surface area contributed by atoms with Gasteiger partial charge in [-0.3, -0.25) is 4.68 Å². The molecular formula is C15H25N5O. The molecular weight excluding hydrogens is 266 g/mol. The lowest BCUT2D eigenvalue weighted by atomic mass is 10.2. The van der Waals surface area contributed by atoms with E-state index < -0.39 is 0 Å². The van der Waals surface area contributed by atoms with Crippen LogP contribution >= 0.6 is 0 Å². The highest BCUT2D eigenvalue weighted by Gasteiger charge is 2.14. The molecule has 0 aromatic carbocycles. The van der Waals surface area contributed by atoms with E-state index in [1.165, 1.54) is 5.56 Å². The lowest BCUT2D eigenvalue weighted by Gasteiger charge is -2.04. The number of nitrogens with zero attached hydrogens (tertiary/aromatic N) is 4. The standard InChI is InChI=1S/C15H25N5O/c1-5-7-14-17-15(21-19-14)10-20-12(4)13(11(3)18-20)9-16-8-6-2/h16H,5-10H2,1-4H3. The van der Waals surface area contributed by atoms with Gasteiger partial charge < -0.3 is 9.84 Å². The van der Waals surface area contributed by atoms with Crippen LogP contribution in [0.2, 0.25) is 0 Å². The number of aromatic nitrogens is 4. The Bertz CT molecular complexity index is 573. The molecule has 0 aliphatic carbocycles. The summed E-state index contributed by atoms with van der Waals surface area (Å²) in [6.45, 7) is 10.8. The first-order chi connectivity index (χ1) is 10.2. The molecule has 2 aromatic heterocycles. The maximum atomic E-state index is 5.29. The van der Waals surface area contributed by atoms with Crippen molar-refractivity contribution in [2.75, 3.05) is 6.54 Å². The summed E-state index contributed by atoms with van der Waals surface area (Å²) in [6.07, 6.45) is 3.01. The third-order valence-corrected chi connectivity index (χ3v) is 3.53. The summed E-state index contributed by atoms with van der Waals surface area (Å²) < 4.78 is 7.23. The summed E-state index contributed by atoms with van der Waals surface area (Å²) in [5.74, 6) is 1.40. The zero-order chi connectivity index (χ0) is 15.2. The van der Waals surface area contributed by atoms with Gasteiger partial charge in [-0.1, -0.05) is 19.0 Å². The van der Waals surface area contributed by atoms with E-state index in [2.05, 4.69) is 41.3 Å². The zero-order valence-corrected chi connectivity index (χ0v) is 13.4. The number of nitrogens with one attached hydrogen (secondary N) is 1. The molecule has 0 radical (unpaired) electrons. The van der Waals surface area contributed by atoms with E-state index in [0.717, 1.165) is 49.6 Å². The van der Waals surface area contributed by atoms with Gasteiger partial charge in [-0.2, -0.15) is 10.1 Å². The van der Waals surface area contributed by atoms with E-state index in [1.807, 2.05) is 11.6 Å². The van der Waals surface area contributed by atoms with Crippen molar-refractivity contribution in [2.45, 2.75) is 60.0 Å². The summed E-state index contributed by atoms with van der Waals surface area (Å²) in [6, 6.07) is 0. The maximum Gasteiger partial charge on any atom is 0.248 e. The first-order valence-corrected chi connectivity index (χ1v) is 7.70. The highest BCUT2D eigenvalue weighted by molar-refractivity contribution is 5.24. The quantitative estimate of drug-likeness (QED) is 0.756. The number of rotatable bonds is 8. The van der Waals surface area contributed by atoms with Crippen LogP contribution < -0.4 is 5.32 Å². The van der Waals surface area contributed by atoms with Crippen molar-refractivity contribution in [3.63, 3.8) is 0 Å². The van der Waals surface area contributed by atoms with Gasteiger partial charge in [0.05, 0.1) is 5.69 Å². The Kier molecular flexibility index (Phi) is 5.50. The van der Waals surface area contributed by atoms with Crippen LogP contribution in [0, 0.1) is 13.8 Å². The smallest absolute Gasteiger partial charge is 0.248 e. The average Bonchev–Trinajstić information content (AvgIpc) is 2.99. The Morgan fingerprint density at radius 1 is 1.19 bits per heavy atom. The summed E-state index contributed by atoms with van der Waals surface area (Å²) in [7, 11) is 0. The van der Waals surface area contributed by atoms with Crippen LogP contribution in [-0.4, -0.2) is 26.5 Å². The molecule has 2 aromatic rings. The lowest BCUT2D eigenvalue weighted by molar-refractivity contribution is 0.359. The van der Waals surface area contributed by atoms with E-state index >= 15 is 0 Å². The van der Waals surface area contributed by atoms with E-state index in [1.54, 1.807) is 0 Å².